The quantitative estimate of drug-likeness (QED) is 0.811. The van der Waals surface area contributed by atoms with Gasteiger partial charge in [0.2, 0.25) is 5.91 Å². The highest BCUT2D eigenvalue weighted by Crippen LogP contribution is 2.47. The molecule has 1 amide bonds. The summed E-state index contributed by atoms with van der Waals surface area (Å²) in [5.41, 5.74) is 6.82. The van der Waals surface area contributed by atoms with Gasteiger partial charge in [-0.05, 0) is 53.1 Å². The molecule has 102 valence electrons. The van der Waals surface area contributed by atoms with Crippen LogP contribution >= 0.6 is 27.5 Å². The lowest BCUT2D eigenvalue weighted by molar-refractivity contribution is -0.121. The number of amides is 1. The normalized spacial score (nSPS) is 32.6. The van der Waals surface area contributed by atoms with E-state index in [0.29, 0.717) is 27.1 Å². The van der Waals surface area contributed by atoms with Gasteiger partial charge in [0.1, 0.15) is 5.15 Å². The van der Waals surface area contributed by atoms with Crippen molar-refractivity contribution in [1.82, 2.24) is 4.98 Å². The molecule has 2 saturated carbocycles. The minimum atomic E-state index is -0.0618. The van der Waals surface area contributed by atoms with Crippen LogP contribution in [0.15, 0.2) is 16.7 Å². The number of hydrogen-bond donors (Lipinski definition) is 2. The third-order valence-corrected chi connectivity index (χ3v) is 5.48. The van der Waals surface area contributed by atoms with Crippen LogP contribution in [0, 0.1) is 17.8 Å². The minimum absolute atomic E-state index is 0.00227. The first kappa shape index (κ1) is 13.3. The van der Waals surface area contributed by atoms with E-state index in [4.69, 9.17) is 17.3 Å². The van der Waals surface area contributed by atoms with Crippen LogP contribution in [0.5, 0.6) is 0 Å². The van der Waals surface area contributed by atoms with Gasteiger partial charge >= 0.3 is 0 Å². The van der Waals surface area contributed by atoms with E-state index in [-0.39, 0.29) is 17.9 Å². The Bertz CT molecular complexity index is 523. The molecule has 1 aromatic rings. The fourth-order valence-corrected chi connectivity index (χ4v) is 3.89. The molecule has 0 saturated heterocycles. The first-order chi connectivity index (χ1) is 9.06. The highest BCUT2D eigenvalue weighted by Gasteiger charge is 2.49. The lowest BCUT2D eigenvalue weighted by Crippen LogP contribution is -2.42. The van der Waals surface area contributed by atoms with Crippen molar-refractivity contribution >= 4 is 39.1 Å². The third-order valence-electron chi connectivity index (χ3n) is 4.35. The molecule has 4 unspecified atom stereocenters. The summed E-state index contributed by atoms with van der Waals surface area (Å²) in [5.74, 6) is 0.920. The van der Waals surface area contributed by atoms with Crippen molar-refractivity contribution in [2.45, 2.75) is 25.3 Å². The van der Waals surface area contributed by atoms with Crippen molar-refractivity contribution in [2.75, 3.05) is 5.32 Å². The van der Waals surface area contributed by atoms with E-state index in [1.54, 1.807) is 12.3 Å². The highest BCUT2D eigenvalue weighted by molar-refractivity contribution is 9.10. The van der Waals surface area contributed by atoms with Gasteiger partial charge in [-0.15, -0.1) is 0 Å². The maximum atomic E-state index is 12.3. The zero-order valence-corrected chi connectivity index (χ0v) is 12.6. The van der Waals surface area contributed by atoms with Crippen molar-refractivity contribution in [3.8, 4) is 0 Å². The topological polar surface area (TPSA) is 68.0 Å². The van der Waals surface area contributed by atoms with Crippen LogP contribution in [-0.4, -0.2) is 16.9 Å². The van der Waals surface area contributed by atoms with Crippen LogP contribution < -0.4 is 11.1 Å². The second-order valence-electron chi connectivity index (χ2n) is 5.42. The molecule has 0 aliphatic heterocycles. The number of nitrogens with two attached hydrogens (primary N) is 1. The number of rotatable bonds is 2. The minimum Gasteiger partial charge on any atom is -0.327 e. The van der Waals surface area contributed by atoms with Gasteiger partial charge in [-0.1, -0.05) is 11.6 Å². The zero-order valence-electron chi connectivity index (χ0n) is 10.3. The van der Waals surface area contributed by atoms with E-state index in [1.165, 1.54) is 6.42 Å². The summed E-state index contributed by atoms with van der Waals surface area (Å²) in [7, 11) is 0. The van der Waals surface area contributed by atoms with E-state index >= 15 is 0 Å². The number of fused-ring (bicyclic) bond motifs is 2. The van der Waals surface area contributed by atoms with E-state index in [9.17, 15) is 4.79 Å². The van der Waals surface area contributed by atoms with Gasteiger partial charge in [-0.25, -0.2) is 4.98 Å². The maximum absolute atomic E-state index is 12.3. The molecule has 0 aromatic carbocycles. The number of nitrogens with one attached hydrogen (secondary N) is 1. The molecule has 6 heteroatoms. The molecule has 0 spiro atoms. The molecule has 0 radical (unpaired) electrons. The first-order valence-corrected chi connectivity index (χ1v) is 7.61. The highest BCUT2D eigenvalue weighted by atomic mass is 79.9. The SMILES string of the molecule is NC1C2CCC(C2)C1C(=O)Nc1cnc(Cl)c(Br)c1. The maximum Gasteiger partial charge on any atom is 0.229 e. The number of halogens is 2. The summed E-state index contributed by atoms with van der Waals surface area (Å²) in [5, 5.41) is 3.28. The molecule has 3 rings (SSSR count). The summed E-state index contributed by atoms with van der Waals surface area (Å²) < 4.78 is 0.671. The van der Waals surface area contributed by atoms with Crippen LogP contribution in [0.2, 0.25) is 5.15 Å². The molecule has 2 aliphatic carbocycles. The molecule has 4 atom stereocenters. The summed E-state index contributed by atoms with van der Waals surface area (Å²) >= 11 is 9.12. The molecular formula is C13H15BrClN3O. The van der Waals surface area contributed by atoms with Crippen molar-refractivity contribution in [2.24, 2.45) is 23.5 Å². The number of anilines is 1. The van der Waals surface area contributed by atoms with Crippen LogP contribution in [0.25, 0.3) is 0 Å². The monoisotopic (exact) mass is 343 g/mol. The molecule has 19 heavy (non-hydrogen) atoms. The van der Waals surface area contributed by atoms with E-state index in [2.05, 4.69) is 26.2 Å². The smallest absolute Gasteiger partial charge is 0.229 e. The van der Waals surface area contributed by atoms with Gasteiger partial charge in [0.05, 0.1) is 22.3 Å². The number of carbonyl (C=O) groups excluding carboxylic acids is 1. The molecule has 2 aliphatic rings. The standard InChI is InChI=1S/C13H15BrClN3O/c14-9-4-8(5-17-12(9)15)18-13(19)10-6-1-2-7(3-6)11(10)16/h4-7,10-11H,1-3,16H2,(H,18,19). The summed E-state index contributed by atoms with van der Waals surface area (Å²) in [6, 6.07) is 1.76. The van der Waals surface area contributed by atoms with Gasteiger partial charge in [-0.3, -0.25) is 4.79 Å². The predicted octanol–water partition coefficient (Wildman–Crippen LogP) is 2.81. The molecule has 1 heterocycles. The predicted molar refractivity (Wildman–Crippen MR) is 77.9 cm³/mol. The molecule has 1 aromatic heterocycles. The first-order valence-electron chi connectivity index (χ1n) is 6.43. The number of nitrogens with zero attached hydrogens (tertiary/aromatic N) is 1. The van der Waals surface area contributed by atoms with Crippen LogP contribution in [0.3, 0.4) is 0 Å². The Kier molecular flexibility index (Phi) is 3.53. The van der Waals surface area contributed by atoms with E-state index < -0.39 is 0 Å². The Morgan fingerprint density at radius 2 is 2.21 bits per heavy atom. The summed E-state index contributed by atoms with van der Waals surface area (Å²) in [6.45, 7) is 0. The van der Waals surface area contributed by atoms with Crippen molar-refractivity contribution in [3.63, 3.8) is 0 Å². The fourth-order valence-electron chi connectivity index (χ4n) is 3.44. The molecule has 4 nitrogen and oxygen atoms in total. The van der Waals surface area contributed by atoms with Gasteiger partial charge in [0, 0.05) is 6.04 Å². The van der Waals surface area contributed by atoms with Crippen LogP contribution in [0.4, 0.5) is 5.69 Å². The van der Waals surface area contributed by atoms with E-state index in [1.807, 2.05) is 0 Å². The van der Waals surface area contributed by atoms with Crippen molar-refractivity contribution in [1.29, 1.82) is 0 Å². The van der Waals surface area contributed by atoms with Gasteiger partial charge < -0.3 is 11.1 Å². The largest absolute Gasteiger partial charge is 0.327 e. The Labute approximate surface area is 125 Å². The number of aromatic nitrogens is 1. The molecule has 3 N–H and O–H groups in total. The third kappa shape index (κ3) is 2.39. The second kappa shape index (κ2) is 5.04. The number of pyridine rings is 1. The molecule has 2 fully saturated rings. The average Bonchev–Trinajstić information content (AvgIpc) is 2.94. The van der Waals surface area contributed by atoms with Gasteiger partial charge in [-0.2, -0.15) is 0 Å². The van der Waals surface area contributed by atoms with Crippen LogP contribution in [0.1, 0.15) is 19.3 Å². The molecule has 2 bridgehead atoms. The molecular weight excluding hydrogens is 330 g/mol. The Hall–Kier alpha value is -0.650. The zero-order chi connectivity index (χ0) is 13.6. The lowest BCUT2D eigenvalue weighted by Gasteiger charge is -2.26. The van der Waals surface area contributed by atoms with E-state index in [0.717, 1.165) is 12.8 Å². The lowest BCUT2D eigenvalue weighted by atomic mass is 9.84. The summed E-state index contributed by atoms with van der Waals surface area (Å²) in [4.78, 5) is 16.3. The fraction of sp³-hybridized carbons (Fsp3) is 0.538. The Morgan fingerprint density at radius 1 is 1.47 bits per heavy atom. The van der Waals surface area contributed by atoms with Gasteiger partial charge in [0.25, 0.3) is 0 Å². The van der Waals surface area contributed by atoms with Crippen molar-refractivity contribution in [3.05, 3.63) is 21.9 Å². The Morgan fingerprint density at radius 3 is 2.84 bits per heavy atom. The Balaban J connectivity index is 1.73. The number of hydrogen-bond acceptors (Lipinski definition) is 3. The van der Waals surface area contributed by atoms with Crippen LogP contribution in [-0.2, 0) is 4.79 Å². The van der Waals surface area contributed by atoms with Gasteiger partial charge in [0.15, 0.2) is 0 Å². The second-order valence-corrected chi connectivity index (χ2v) is 6.63. The van der Waals surface area contributed by atoms with Crippen molar-refractivity contribution < 1.29 is 4.79 Å². The summed E-state index contributed by atoms with van der Waals surface area (Å²) in [6.07, 6.45) is 4.95. The number of carbonyl (C=O) groups is 1. The average molecular weight is 345 g/mol.